The van der Waals surface area contributed by atoms with Gasteiger partial charge in [0.2, 0.25) is 0 Å². The lowest BCUT2D eigenvalue weighted by molar-refractivity contribution is 0.890. The van der Waals surface area contributed by atoms with Crippen LogP contribution in [0.1, 0.15) is 19.0 Å². The van der Waals surface area contributed by atoms with E-state index in [1.807, 2.05) is 24.3 Å². The second-order valence-corrected chi connectivity index (χ2v) is 4.54. The predicted molar refractivity (Wildman–Crippen MR) is 71.2 cm³/mol. The molecule has 3 nitrogen and oxygen atoms in total. The number of nitrogen functional groups attached to an aromatic ring is 1. The van der Waals surface area contributed by atoms with Gasteiger partial charge in [-0.3, -0.25) is 10.8 Å². The first kappa shape index (κ1) is 11.4. The summed E-state index contributed by atoms with van der Waals surface area (Å²) in [7, 11) is 0. The van der Waals surface area contributed by atoms with E-state index in [9.17, 15) is 0 Å². The van der Waals surface area contributed by atoms with Gasteiger partial charge in [-0.1, -0.05) is 35.3 Å². The van der Waals surface area contributed by atoms with Gasteiger partial charge in [-0.15, -0.1) is 0 Å². The Hall–Kier alpha value is -1.13. The Kier molecular flexibility index (Phi) is 3.41. The average Bonchev–Trinajstić information content (AvgIpc) is 2.29. The Morgan fingerprint density at radius 3 is 2.94 bits per heavy atom. The van der Waals surface area contributed by atoms with Gasteiger partial charge in [0.15, 0.2) is 0 Å². The van der Waals surface area contributed by atoms with Crippen LogP contribution in [0.3, 0.4) is 0 Å². The quantitative estimate of drug-likeness (QED) is 0.670. The molecule has 0 amide bonds. The van der Waals surface area contributed by atoms with Crippen LogP contribution >= 0.6 is 15.9 Å². The van der Waals surface area contributed by atoms with E-state index in [2.05, 4.69) is 33.3 Å². The number of aryl methyl sites for hydroxylation is 1. The molecule has 0 bridgehead atoms. The summed E-state index contributed by atoms with van der Waals surface area (Å²) in [5.74, 6) is 5.52. The Morgan fingerprint density at radius 1 is 1.44 bits per heavy atom. The Bertz CT molecular complexity index is 511. The molecule has 0 aliphatic rings. The molecule has 0 saturated heterocycles. The van der Waals surface area contributed by atoms with Crippen molar-refractivity contribution in [3.05, 3.63) is 34.4 Å². The fourth-order valence-electron chi connectivity index (χ4n) is 1.75. The molecule has 0 saturated carbocycles. The van der Waals surface area contributed by atoms with Gasteiger partial charge in [-0.2, -0.15) is 0 Å². The first-order chi connectivity index (χ1) is 7.76. The normalized spacial score (nSPS) is 10.7. The van der Waals surface area contributed by atoms with Crippen molar-refractivity contribution in [1.29, 1.82) is 0 Å². The molecular formula is C12H14BrN3. The monoisotopic (exact) mass is 279 g/mol. The third kappa shape index (κ3) is 2.03. The zero-order chi connectivity index (χ0) is 11.5. The summed E-state index contributed by atoms with van der Waals surface area (Å²) in [5.41, 5.74) is 5.64. The van der Waals surface area contributed by atoms with Gasteiger partial charge < -0.3 is 5.43 Å². The maximum atomic E-state index is 5.52. The van der Waals surface area contributed by atoms with Crippen LogP contribution in [0.15, 0.2) is 28.7 Å². The van der Waals surface area contributed by atoms with Crippen molar-refractivity contribution in [3.63, 3.8) is 0 Å². The summed E-state index contributed by atoms with van der Waals surface area (Å²) in [6.07, 6.45) is 1.99. The second kappa shape index (κ2) is 4.80. The molecular weight excluding hydrogens is 266 g/mol. The molecule has 3 N–H and O–H groups in total. The molecule has 1 aromatic heterocycles. The van der Waals surface area contributed by atoms with Crippen LogP contribution in [0.2, 0.25) is 0 Å². The van der Waals surface area contributed by atoms with E-state index in [0.717, 1.165) is 39.6 Å². The van der Waals surface area contributed by atoms with Crippen molar-refractivity contribution in [3.8, 4) is 0 Å². The number of nitrogens with one attached hydrogen (secondary N) is 1. The number of hydrazine groups is 1. The number of benzene rings is 1. The van der Waals surface area contributed by atoms with Gasteiger partial charge in [0.1, 0.15) is 0 Å². The SMILES string of the molecule is CCCc1nc2cccc(Br)c2cc1NN. The largest absolute Gasteiger partial charge is 0.322 e. The first-order valence-corrected chi connectivity index (χ1v) is 6.10. The van der Waals surface area contributed by atoms with E-state index in [-0.39, 0.29) is 0 Å². The maximum absolute atomic E-state index is 5.52. The lowest BCUT2D eigenvalue weighted by Gasteiger charge is -2.10. The van der Waals surface area contributed by atoms with Crippen molar-refractivity contribution in [1.82, 2.24) is 4.98 Å². The number of nitrogens with two attached hydrogens (primary N) is 1. The highest BCUT2D eigenvalue weighted by Crippen LogP contribution is 2.27. The van der Waals surface area contributed by atoms with Crippen molar-refractivity contribution < 1.29 is 0 Å². The molecule has 2 aromatic rings. The van der Waals surface area contributed by atoms with Gasteiger partial charge in [-0.05, 0) is 24.6 Å². The number of pyridine rings is 1. The standard InChI is InChI=1S/C12H14BrN3/c1-2-4-11-12(16-14)7-8-9(13)5-3-6-10(8)15-11/h3,5-7,16H,2,4,14H2,1H3. The number of fused-ring (bicyclic) bond motifs is 1. The minimum atomic E-state index is 0.904. The molecule has 2 rings (SSSR count). The highest BCUT2D eigenvalue weighted by molar-refractivity contribution is 9.10. The van der Waals surface area contributed by atoms with Crippen LogP contribution < -0.4 is 11.3 Å². The maximum Gasteiger partial charge on any atom is 0.0718 e. The molecule has 4 heteroatoms. The first-order valence-electron chi connectivity index (χ1n) is 5.31. The second-order valence-electron chi connectivity index (χ2n) is 3.68. The van der Waals surface area contributed by atoms with E-state index in [0.29, 0.717) is 0 Å². The van der Waals surface area contributed by atoms with Crippen LogP contribution in [-0.2, 0) is 6.42 Å². The Balaban J connectivity index is 2.65. The van der Waals surface area contributed by atoms with E-state index in [4.69, 9.17) is 5.84 Å². The summed E-state index contributed by atoms with van der Waals surface area (Å²) in [6.45, 7) is 2.13. The fourth-order valence-corrected chi connectivity index (χ4v) is 2.22. The van der Waals surface area contributed by atoms with Crippen LogP contribution in [0.25, 0.3) is 10.9 Å². The summed E-state index contributed by atoms with van der Waals surface area (Å²) < 4.78 is 1.04. The summed E-state index contributed by atoms with van der Waals surface area (Å²) in [5, 5.41) is 1.08. The number of anilines is 1. The number of nitrogens with zero attached hydrogens (tertiary/aromatic N) is 1. The van der Waals surface area contributed by atoms with Gasteiger partial charge in [-0.25, -0.2) is 0 Å². The Morgan fingerprint density at radius 2 is 2.25 bits per heavy atom. The average molecular weight is 280 g/mol. The topological polar surface area (TPSA) is 50.9 Å². The number of aromatic nitrogens is 1. The summed E-state index contributed by atoms with van der Waals surface area (Å²) in [6, 6.07) is 8.05. The third-order valence-electron chi connectivity index (χ3n) is 2.53. The lowest BCUT2D eigenvalue weighted by atomic mass is 10.1. The molecule has 16 heavy (non-hydrogen) atoms. The zero-order valence-corrected chi connectivity index (χ0v) is 10.7. The number of hydrogen-bond acceptors (Lipinski definition) is 3. The van der Waals surface area contributed by atoms with Crippen molar-refractivity contribution in [2.24, 2.45) is 5.84 Å². The van der Waals surface area contributed by atoms with Crippen molar-refractivity contribution in [2.45, 2.75) is 19.8 Å². The number of rotatable bonds is 3. The molecule has 0 aliphatic heterocycles. The van der Waals surface area contributed by atoms with E-state index >= 15 is 0 Å². The molecule has 0 spiro atoms. The van der Waals surface area contributed by atoms with Gasteiger partial charge in [0.05, 0.1) is 16.9 Å². The van der Waals surface area contributed by atoms with Crippen LogP contribution in [-0.4, -0.2) is 4.98 Å². The van der Waals surface area contributed by atoms with Crippen molar-refractivity contribution >= 4 is 32.5 Å². The van der Waals surface area contributed by atoms with Crippen LogP contribution in [0.4, 0.5) is 5.69 Å². The molecule has 0 unspecified atom stereocenters. The molecule has 0 radical (unpaired) electrons. The van der Waals surface area contributed by atoms with E-state index < -0.39 is 0 Å². The molecule has 1 aromatic carbocycles. The predicted octanol–water partition coefficient (Wildman–Crippen LogP) is 3.24. The lowest BCUT2D eigenvalue weighted by Crippen LogP contribution is -2.10. The number of hydrogen-bond donors (Lipinski definition) is 2. The van der Waals surface area contributed by atoms with Crippen LogP contribution in [0.5, 0.6) is 0 Å². The number of halogens is 1. The van der Waals surface area contributed by atoms with E-state index in [1.165, 1.54) is 0 Å². The molecule has 0 aliphatic carbocycles. The Labute approximate surface area is 103 Å². The summed E-state index contributed by atoms with van der Waals surface area (Å²) >= 11 is 3.52. The molecule has 0 atom stereocenters. The molecule has 1 heterocycles. The third-order valence-corrected chi connectivity index (χ3v) is 3.22. The van der Waals surface area contributed by atoms with Crippen LogP contribution in [0, 0.1) is 0 Å². The summed E-state index contributed by atoms with van der Waals surface area (Å²) in [4.78, 5) is 4.62. The van der Waals surface area contributed by atoms with Gasteiger partial charge >= 0.3 is 0 Å². The minimum Gasteiger partial charge on any atom is -0.322 e. The molecule has 0 fully saturated rings. The van der Waals surface area contributed by atoms with Gasteiger partial charge in [0, 0.05) is 9.86 Å². The minimum absolute atomic E-state index is 0.904. The highest BCUT2D eigenvalue weighted by atomic mass is 79.9. The van der Waals surface area contributed by atoms with Gasteiger partial charge in [0.25, 0.3) is 0 Å². The van der Waals surface area contributed by atoms with E-state index in [1.54, 1.807) is 0 Å². The van der Waals surface area contributed by atoms with Crippen molar-refractivity contribution in [2.75, 3.05) is 5.43 Å². The molecule has 84 valence electrons. The fraction of sp³-hybridized carbons (Fsp3) is 0.250. The highest BCUT2D eigenvalue weighted by Gasteiger charge is 2.06. The smallest absolute Gasteiger partial charge is 0.0718 e. The zero-order valence-electron chi connectivity index (χ0n) is 9.13.